The largest absolute Gasteiger partial charge is 0.333 e. The minimum atomic E-state index is -0.848. The van der Waals surface area contributed by atoms with Crippen LogP contribution in [0.2, 0.25) is 0 Å². The molecule has 0 saturated carbocycles. The molecule has 144 valence electrons. The Bertz CT molecular complexity index is 1370. The van der Waals surface area contributed by atoms with Crippen molar-refractivity contribution in [3.63, 3.8) is 0 Å². The SMILES string of the molecule is CC(=O)[C@@H](C)n1c(=O)c2c(nc3n(-c4ccccc4)c(C)c(C)n23)n(C)c1=O. The number of carbonyl (C=O) groups is 1. The quantitative estimate of drug-likeness (QED) is 0.544. The van der Waals surface area contributed by atoms with Crippen LogP contribution in [-0.2, 0) is 11.8 Å². The van der Waals surface area contributed by atoms with Crippen LogP contribution in [0.1, 0.15) is 31.3 Å². The molecule has 8 nitrogen and oxygen atoms in total. The van der Waals surface area contributed by atoms with Gasteiger partial charge in [-0.3, -0.25) is 23.1 Å². The lowest BCUT2D eigenvalue weighted by atomic mass is 10.2. The maximum absolute atomic E-state index is 13.3. The molecule has 0 bridgehead atoms. The van der Waals surface area contributed by atoms with E-state index in [0.29, 0.717) is 16.9 Å². The standard InChI is InChI=1S/C20H21N5O3/c1-11-12(2)24-16-17(21-19(24)23(11)15-9-7-6-8-10-15)22(5)20(28)25(18(16)27)13(3)14(4)26/h6-10,13H,1-5H3/t13-/m1/s1. The number of nitrogens with zero attached hydrogens (tertiary/aromatic N) is 5. The summed E-state index contributed by atoms with van der Waals surface area (Å²) in [5, 5.41) is 0. The third-order valence-electron chi connectivity index (χ3n) is 5.46. The van der Waals surface area contributed by atoms with Crippen molar-refractivity contribution in [2.24, 2.45) is 7.05 Å². The van der Waals surface area contributed by atoms with E-state index in [2.05, 4.69) is 4.98 Å². The molecule has 4 aromatic rings. The number of ketones is 1. The molecule has 0 spiro atoms. The summed E-state index contributed by atoms with van der Waals surface area (Å²) in [7, 11) is 1.56. The number of imidazole rings is 2. The predicted molar refractivity (Wildman–Crippen MR) is 106 cm³/mol. The molecule has 3 aromatic heterocycles. The first kappa shape index (κ1) is 18.0. The summed E-state index contributed by atoms with van der Waals surface area (Å²) in [4.78, 5) is 42.5. The van der Waals surface area contributed by atoms with E-state index in [0.717, 1.165) is 21.6 Å². The molecule has 0 fully saturated rings. The zero-order valence-electron chi connectivity index (χ0n) is 16.4. The van der Waals surface area contributed by atoms with Crippen molar-refractivity contribution in [1.82, 2.24) is 23.1 Å². The molecule has 0 N–H and O–H groups in total. The van der Waals surface area contributed by atoms with E-state index < -0.39 is 17.3 Å². The number of rotatable bonds is 3. The number of carbonyl (C=O) groups excluding carboxylic acids is 1. The minimum absolute atomic E-state index is 0.255. The number of aromatic nitrogens is 5. The number of hydrogen-bond donors (Lipinski definition) is 0. The number of Topliss-reactive ketones (excluding diaryl/α,β-unsaturated/α-hetero) is 1. The molecular formula is C20H21N5O3. The molecule has 0 saturated heterocycles. The fourth-order valence-corrected chi connectivity index (χ4v) is 3.63. The van der Waals surface area contributed by atoms with Crippen molar-refractivity contribution in [3.05, 3.63) is 62.6 Å². The molecule has 0 aliphatic carbocycles. The van der Waals surface area contributed by atoms with Crippen LogP contribution in [0.4, 0.5) is 0 Å². The molecule has 0 aliphatic heterocycles. The highest BCUT2D eigenvalue weighted by atomic mass is 16.2. The average Bonchev–Trinajstić information content (AvgIpc) is 3.16. The van der Waals surface area contributed by atoms with Gasteiger partial charge in [-0.1, -0.05) is 18.2 Å². The predicted octanol–water partition coefficient (Wildman–Crippen LogP) is 1.91. The lowest BCUT2D eigenvalue weighted by Crippen LogP contribution is -2.42. The maximum atomic E-state index is 13.3. The third kappa shape index (κ3) is 2.24. The molecule has 1 aromatic carbocycles. The summed E-state index contributed by atoms with van der Waals surface area (Å²) in [6, 6.07) is 8.86. The third-order valence-corrected chi connectivity index (χ3v) is 5.46. The molecule has 4 rings (SSSR count). The molecule has 0 unspecified atom stereocenters. The van der Waals surface area contributed by atoms with Crippen LogP contribution in [-0.4, -0.2) is 28.9 Å². The van der Waals surface area contributed by atoms with Crippen LogP contribution in [0.3, 0.4) is 0 Å². The fourth-order valence-electron chi connectivity index (χ4n) is 3.63. The van der Waals surface area contributed by atoms with Gasteiger partial charge in [-0.05, 0) is 39.8 Å². The van der Waals surface area contributed by atoms with Gasteiger partial charge in [-0.2, -0.15) is 4.98 Å². The number of para-hydroxylation sites is 1. The second-order valence-electron chi connectivity index (χ2n) is 7.06. The van der Waals surface area contributed by atoms with Crippen molar-refractivity contribution >= 4 is 22.7 Å². The van der Waals surface area contributed by atoms with Crippen molar-refractivity contribution in [1.29, 1.82) is 0 Å². The zero-order valence-corrected chi connectivity index (χ0v) is 16.4. The summed E-state index contributed by atoms with van der Waals surface area (Å²) in [5.41, 5.74) is 2.22. The van der Waals surface area contributed by atoms with Crippen LogP contribution < -0.4 is 11.2 Å². The van der Waals surface area contributed by atoms with E-state index in [1.54, 1.807) is 18.4 Å². The zero-order chi connectivity index (χ0) is 20.3. The van der Waals surface area contributed by atoms with Crippen molar-refractivity contribution in [3.8, 4) is 5.69 Å². The number of benzene rings is 1. The second-order valence-corrected chi connectivity index (χ2v) is 7.06. The Balaban J connectivity index is 2.22. The topological polar surface area (TPSA) is 83.3 Å². The first-order valence-corrected chi connectivity index (χ1v) is 9.03. The molecule has 8 heteroatoms. The highest BCUT2D eigenvalue weighted by Gasteiger charge is 2.25. The first-order valence-electron chi connectivity index (χ1n) is 9.03. The van der Waals surface area contributed by atoms with Crippen LogP contribution >= 0.6 is 0 Å². The maximum Gasteiger partial charge on any atom is 0.333 e. The van der Waals surface area contributed by atoms with E-state index >= 15 is 0 Å². The van der Waals surface area contributed by atoms with Crippen molar-refractivity contribution in [2.45, 2.75) is 33.7 Å². The van der Waals surface area contributed by atoms with Crippen LogP contribution in [0.15, 0.2) is 39.9 Å². The Morgan fingerprint density at radius 1 is 1.07 bits per heavy atom. The number of fused-ring (bicyclic) bond motifs is 3. The van der Waals surface area contributed by atoms with Crippen molar-refractivity contribution < 1.29 is 4.79 Å². The van der Waals surface area contributed by atoms with Crippen LogP contribution in [0.25, 0.3) is 22.6 Å². The van der Waals surface area contributed by atoms with Gasteiger partial charge in [-0.15, -0.1) is 0 Å². The van der Waals surface area contributed by atoms with Gasteiger partial charge in [-0.25, -0.2) is 9.36 Å². The van der Waals surface area contributed by atoms with E-state index in [-0.39, 0.29) is 5.78 Å². The number of hydrogen-bond acceptors (Lipinski definition) is 4. The van der Waals surface area contributed by atoms with Gasteiger partial charge in [0.15, 0.2) is 16.9 Å². The van der Waals surface area contributed by atoms with E-state index in [9.17, 15) is 14.4 Å². The molecule has 28 heavy (non-hydrogen) atoms. The first-order chi connectivity index (χ1) is 13.3. The lowest BCUT2D eigenvalue weighted by Gasteiger charge is -2.12. The fraction of sp³-hybridized carbons (Fsp3) is 0.300. The van der Waals surface area contributed by atoms with E-state index in [4.69, 9.17) is 0 Å². The molecule has 1 atom stereocenters. The van der Waals surface area contributed by atoms with E-state index in [1.807, 2.05) is 48.7 Å². The normalized spacial score (nSPS) is 12.8. The van der Waals surface area contributed by atoms with Crippen LogP contribution in [0.5, 0.6) is 0 Å². The Morgan fingerprint density at radius 3 is 2.32 bits per heavy atom. The molecule has 0 amide bonds. The van der Waals surface area contributed by atoms with Gasteiger partial charge in [0.2, 0.25) is 5.78 Å². The van der Waals surface area contributed by atoms with E-state index in [1.165, 1.54) is 11.5 Å². The van der Waals surface area contributed by atoms with Crippen molar-refractivity contribution in [2.75, 3.05) is 0 Å². The summed E-state index contributed by atoms with van der Waals surface area (Å²) in [6.07, 6.45) is 0. The van der Waals surface area contributed by atoms with Gasteiger partial charge in [0.1, 0.15) is 0 Å². The van der Waals surface area contributed by atoms with Gasteiger partial charge < -0.3 is 0 Å². The van der Waals surface area contributed by atoms with Crippen LogP contribution in [0, 0.1) is 13.8 Å². The highest BCUT2D eigenvalue weighted by molar-refractivity contribution is 5.81. The minimum Gasteiger partial charge on any atom is -0.298 e. The Kier molecular flexibility index (Phi) is 3.88. The average molecular weight is 379 g/mol. The molecule has 0 radical (unpaired) electrons. The summed E-state index contributed by atoms with van der Waals surface area (Å²) in [5.74, 6) is 0.297. The highest BCUT2D eigenvalue weighted by Crippen LogP contribution is 2.24. The Labute approximate surface area is 160 Å². The second kappa shape index (κ2) is 6.05. The summed E-state index contributed by atoms with van der Waals surface area (Å²) >= 11 is 0. The molecular weight excluding hydrogens is 358 g/mol. The number of aryl methyl sites for hydroxylation is 2. The molecule has 3 heterocycles. The lowest BCUT2D eigenvalue weighted by molar-refractivity contribution is -0.119. The Hall–Kier alpha value is -3.42. The summed E-state index contributed by atoms with van der Waals surface area (Å²) in [6.45, 7) is 6.80. The summed E-state index contributed by atoms with van der Waals surface area (Å²) < 4.78 is 6.06. The van der Waals surface area contributed by atoms with Gasteiger partial charge in [0.05, 0.1) is 6.04 Å². The molecule has 0 aliphatic rings. The van der Waals surface area contributed by atoms with Gasteiger partial charge in [0.25, 0.3) is 5.56 Å². The van der Waals surface area contributed by atoms with Gasteiger partial charge >= 0.3 is 5.69 Å². The smallest absolute Gasteiger partial charge is 0.298 e. The van der Waals surface area contributed by atoms with Gasteiger partial charge in [0, 0.05) is 24.1 Å². The Morgan fingerprint density at radius 2 is 1.71 bits per heavy atom. The monoisotopic (exact) mass is 379 g/mol.